The van der Waals surface area contributed by atoms with Crippen LogP contribution >= 0.6 is 11.8 Å². The van der Waals surface area contributed by atoms with E-state index in [1.807, 2.05) is 30.0 Å². The first kappa shape index (κ1) is 11.3. The number of anilines is 1. The van der Waals surface area contributed by atoms with Crippen molar-refractivity contribution in [1.82, 2.24) is 4.90 Å². The van der Waals surface area contributed by atoms with Gasteiger partial charge in [0.05, 0.1) is 5.75 Å². The summed E-state index contributed by atoms with van der Waals surface area (Å²) >= 11 is 1.58. The molecule has 86 valence electrons. The van der Waals surface area contributed by atoms with Gasteiger partial charge in [0, 0.05) is 23.7 Å². The number of aryl methyl sites for hydroxylation is 1. The minimum atomic E-state index is 0.234. The zero-order valence-electron chi connectivity index (χ0n) is 9.40. The largest absolute Gasteiger partial charge is 0.399 e. The number of rotatable bonds is 3. The Morgan fingerprint density at radius 2 is 2.25 bits per heavy atom. The summed E-state index contributed by atoms with van der Waals surface area (Å²) in [7, 11) is 0. The lowest BCUT2D eigenvalue weighted by Crippen LogP contribution is -2.43. The van der Waals surface area contributed by atoms with Crippen LogP contribution in [-0.4, -0.2) is 29.6 Å². The van der Waals surface area contributed by atoms with E-state index in [9.17, 15) is 4.79 Å². The Morgan fingerprint density at radius 3 is 2.88 bits per heavy atom. The third-order valence-corrected chi connectivity index (χ3v) is 3.91. The van der Waals surface area contributed by atoms with E-state index in [-0.39, 0.29) is 5.91 Å². The van der Waals surface area contributed by atoms with Crippen LogP contribution in [0.1, 0.15) is 12.0 Å². The number of hydrogen-bond acceptors (Lipinski definition) is 3. The maximum absolute atomic E-state index is 11.7. The van der Waals surface area contributed by atoms with Crippen molar-refractivity contribution in [3.05, 3.63) is 23.8 Å². The van der Waals surface area contributed by atoms with Crippen LogP contribution in [0.15, 0.2) is 23.1 Å². The molecular weight excluding hydrogens is 220 g/mol. The van der Waals surface area contributed by atoms with E-state index >= 15 is 0 Å². The van der Waals surface area contributed by atoms with Gasteiger partial charge in [0.2, 0.25) is 5.91 Å². The number of benzene rings is 1. The topological polar surface area (TPSA) is 46.3 Å². The van der Waals surface area contributed by atoms with E-state index in [4.69, 9.17) is 5.73 Å². The predicted octanol–water partition coefficient (Wildman–Crippen LogP) is 1.90. The molecule has 1 aromatic rings. The molecule has 3 nitrogen and oxygen atoms in total. The van der Waals surface area contributed by atoms with Crippen LogP contribution in [0.5, 0.6) is 0 Å². The number of amides is 1. The van der Waals surface area contributed by atoms with Crippen molar-refractivity contribution in [3.63, 3.8) is 0 Å². The van der Waals surface area contributed by atoms with E-state index in [0.29, 0.717) is 5.75 Å². The number of hydrogen-bond donors (Lipinski definition) is 1. The fourth-order valence-electron chi connectivity index (χ4n) is 1.57. The van der Waals surface area contributed by atoms with E-state index in [2.05, 4.69) is 0 Å². The fraction of sp³-hybridized carbons (Fsp3) is 0.417. The summed E-state index contributed by atoms with van der Waals surface area (Å²) in [6.07, 6.45) is 1.15. The quantitative estimate of drug-likeness (QED) is 0.644. The van der Waals surface area contributed by atoms with Crippen molar-refractivity contribution in [1.29, 1.82) is 0 Å². The minimum absolute atomic E-state index is 0.234. The second kappa shape index (κ2) is 4.78. The molecule has 0 spiro atoms. The lowest BCUT2D eigenvalue weighted by Gasteiger charge is -2.30. The standard InChI is InChI=1S/C12H16N2OS/c1-9-3-4-10(13)7-11(9)16-8-12(15)14-5-2-6-14/h3-4,7H,2,5-6,8,13H2,1H3. The Hall–Kier alpha value is -1.16. The van der Waals surface area contributed by atoms with E-state index in [1.54, 1.807) is 11.8 Å². The van der Waals surface area contributed by atoms with Crippen molar-refractivity contribution < 1.29 is 4.79 Å². The Kier molecular flexibility index (Phi) is 3.39. The minimum Gasteiger partial charge on any atom is -0.399 e. The Morgan fingerprint density at radius 1 is 1.50 bits per heavy atom. The maximum atomic E-state index is 11.7. The first-order valence-corrected chi connectivity index (χ1v) is 6.42. The van der Waals surface area contributed by atoms with Crippen LogP contribution in [0.25, 0.3) is 0 Å². The molecule has 2 N–H and O–H groups in total. The van der Waals surface area contributed by atoms with E-state index < -0.39 is 0 Å². The molecule has 1 aliphatic heterocycles. The average molecular weight is 236 g/mol. The highest BCUT2D eigenvalue weighted by Gasteiger charge is 2.19. The molecule has 0 unspecified atom stereocenters. The molecule has 1 fully saturated rings. The van der Waals surface area contributed by atoms with Gasteiger partial charge in [-0.25, -0.2) is 0 Å². The monoisotopic (exact) mass is 236 g/mol. The van der Waals surface area contributed by atoms with Crippen molar-refractivity contribution >= 4 is 23.4 Å². The Bertz CT molecular complexity index is 402. The molecule has 1 aromatic carbocycles. The molecule has 0 radical (unpaired) electrons. The Labute approximate surface area is 100.0 Å². The van der Waals surface area contributed by atoms with Gasteiger partial charge in [0.25, 0.3) is 0 Å². The highest BCUT2D eigenvalue weighted by molar-refractivity contribution is 8.00. The van der Waals surface area contributed by atoms with Gasteiger partial charge < -0.3 is 10.6 Å². The number of carbonyl (C=O) groups is 1. The van der Waals surface area contributed by atoms with Gasteiger partial charge >= 0.3 is 0 Å². The third kappa shape index (κ3) is 2.50. The molecule has 1 saturated heterocycles. The van der Waals surface area contributed by atoms with E-state index in [0.717, 1.165) is 30.1 Å². The summed E-state index contributed by atoms with van der Waals surface area (Å²) in [4.78, 5) is 14.7. The zero-order chi connectivity index (χ0) is 11.5. The van der Waals surface area contributed by atoms with Crippen LogP contribution in [-0.2, 0) is 4.79 Å². The summed E-state index contributed by atoms with van der Waals surface area (Å²) in [5.74, 6) is 0.752. The molecule has 1 aliphatic rings. The molecule has 0 bridgehead atoms. The average Bonchev–Trinajstić information content (AvgIpc) is 2.17. The molecule has 0 atom stereocenters. The van der Waals surface area contributed by atoms with Crippen LogP contribution in [0.2, 0.25) is 0 Å². The second-order valence-corrected chi connectivity index (χ2v) is 5.07. The van der Waals surface area contributed by atoms with Crippen LogP contribution in [0.4, 0.5) is 5.69 Å². The fourth-order valence-corrected chi connectivity index (χ4v) is 2.55. The zero-order valence-corrected chi connectivity index (χ0v) is 10.2. The number of nitrogens with two attached hydrogens (primary N) is 1. The van der Waals surface area contributed by atoms with Gasteiger partial charge in [-0.3, -0.25) is 4.79 Å². The molecule has 0 aromatic heterocycles. The molecule has 1 amide bonds. The number of nitrogens with zero attached hydrogens (tertiary/aromatic N) is 1. The third-order valence-electron chi connectivity index (χ3n) is 2.77. The molecule has 0 saturated carbocycles. The highest BCUT2D eigenvalue weighted by Crippen LogP contribution is 2.25. The highest BCUT2D eigenvalue weighted by atomic mass is 32.2. The van der Waals surface area contributed by atoms with Gasteiger partial charge in [-0.05, 0) is 31.0 Å². The lowest BCUT2D eigenvalue weighted by atomic mass is 10.2. The van der Waals surface area contributed by atoms with Gasteiger partial charge in [-0.2, -0.15) is 0 Å². The van der Waals surface area contributed by atoms with Crippen molar-refractivity contribution in [2.75, 3.05) is 24.6 Å². The molecule has 1 heterocycles. The van der Waals surface area contributed by atoms with Gasteiger partial charge in [-0.1, -0.05) is 6.07 Å². The second-order valence-electron chi connectivity index (χ2n) is 4.05. The lowest BCUT2D eigenvalue weighted by molar-refractivity contribution is -0.131. The van der Waals surface area contributed by atoms with Crippen molar-refractivity contribution in [2.24, 2.45) is 0 Å². The molecule has 0 aliphatic carbocycles. The predicted molar refractivity (Wildman–Crippen MR) is 67.5 cm³/mol. The summed E-state index contributed by atoms with van der Waals surface area (Å²) in [5.41, 5.74) is 7.65. The van der Waals surface area contributed by atoms with Gasteiger partial charge in [-0.15, -0.1) is 11.8 Å². The van der Waals surface area contributed by atoms with Gasteiger partial charge in [0.1, 0.15) is 0 Å². The van der Waals surface area contributed by atoms with Gasteiger partial charge in [0.15, 0.2) is 0 Å². The van der Waals surface area contributed by atoms with Crippen LogP contribution in [0.3, 0.4) is 0 Å². The summed E-state index contributed by atoms with van der Waals surface area (Å²) < 4.78 is 0. The molecule has 2 rings (SSSR count). The smallest absolute Gasteiger partial charge is 0.232 e. The van der Waals surface area contributed by atoms with Crippen molar-refractivity contribution in [3.8, 4) is 0 Å². The normalized spacial score (nSPS) is 14.7. The number of carbonyl (C=O) groups excluding carboxylic acids is 1. The summed E-state index contributed by atoms with van der Waals surface area (Å²) in [6.45, 7) is 3.89. The van der Waals surface area contributed by atoms with Crippen LogP contribution < -0.4 is 5.73 Å². The van der Waals surface area contributed by atoms with Crippen molar-refractivity contribution in [2.45, 2.75) is 18.2 Å². The summed E-state index contributed by atoms with van der Waals surface area (Å²) in [6, 6.07) is 5.81. The first-order valence-electron chi connectivity index (χ1n) is 5.43. The summed E-state index contributed by atoms with van der Waals surface area (Å²) in [5, 5.41) is 0. The number of nitrogen functional groups attached to an aromatic ring is 1. The Balaban J connectivity index is 1.93. The number of thioether (sulfide) groups is 1. The molecule has 4 heteroatoms. The molecular formula is C12H16N2OS. The van der Waals surface area contributed by atoms with Crippen LogP contribution in [0, 0.1) is 6.92 Å². The van der Waals surface area contributed by atoms with E-state index in [1.165, 1.54) is 5.56 Å². The first-order chi connectivity index (χ1) is 7.66. The number of likely N-dealkylation sites (tertiary alicyclic amines) is 1. The maximum Gasteiger partial charge on any atom is 0.232 e. The molecule has 16 heavy (non-hydrogen) atoms. The SMILES string of the molecule is Cc1ccc(N)cc1SCC(=O)N1CCC1.